The first-order valence-corrected chi connectivity index (χ1v) is 10.8. The van der Waals surface area contributed by atoms with Gasteiger partial charge in [-0.25, -0.2) is 0 Å². The molecule has 1 aromatic heterocycles. The zero-order valence-corrected chi connectivity index (χ0v) is 16.4. The van der Waals surface area contributed by atoms with Gasteiger partial charge in [-0.15, -0.1) is 22.0 Å². The monoisotopic (exact) mass is 375 g/mol. The van der Waals surface area contributed by atoms with E-state index in [4.69, 9.17) is 0 Å². The van der Waals surface area contributed by atoms with Crippen LogP contribution in [0.1, 0.15) is 44.5 Å². The molecule has 3 rings (SSSR count). The van der Waals surface area contributed by atoms with Gasteiger partial charge in [0.1, 0.15) is 10.0 Å². The average Bonchev–Trinajstić information content (AvgIpc) is 3.11. The Bertz CT molecular complexity index is 689. The molecule has 1 aliphatic rings. The van der Waals surface area contributed by atoms with E-state index in [9.17, 15) is 4.79 Å². The average molecular weight is 376 g/mol. The smallest absolute Gasteiger partial charge is 0.233 e. The molecule has 6 heteroatoms. The fourth-order valence-electron chi connectivity index (χ4n) is 3.11. The van der Waals surface area contributed by atoms with E-state index in [-0.39, 0.29) is 11.2 Å². The van der Waals surface area contributed by atoms with Crippen molar-refractivity contribution in [2.45, 2.75) is 56.6 Å². The zero-order valence-electron chi connectivity index (χ0n) is 14.8. The zero-order chi connectivity index (χ0) is 17.6. The largest absolute Gasteiger partial charge is 0.352 e. The van der Waals surface area contributed by atoms with Crippen LogP contribution in [-0.2, 0) is 10.5 Å². The summed E-state index contributed by atoms with van der Waals surface area (Å²) in [5.41, 5.74) is 1.09. The van der Waals surface area contributed by atoms with E-state index >= 15 is 0 Å². The fourth-order valence-corrected chi connectivity index (χ4v) is 4.86. The van der Waals surface area contributed by atoms with E-state index in [0.717, 1.165) is 27.8 Å². The van der Waals surface area contributed by atoms with Gasteiger partial charge in [0.25, 0.3) is 0 Å². The van der Waals surface area contributed by atoms with Crippen LogP contribution in [0.2, 0.25) is 0 Å². The SMILES string of the molecule is CC(SCc1nnc(-c2ccccc2)s1)C(=O)NC1CCCCC1C. The minimum absolute atomic E-state index is 0.0711. The van der Waals surface area contributed by atoms with Crippen molar-refractivity contribution < 1.29 is 4.79 Å². The molecule has 1 heterocycles. The summed E-state index contributed by atoms with van der Waals surface area (Å²) < 4.78 is 0. The molecule has 1 fully saturated rings. The first kappa shape index (κ1) is 18.4. The summed E-state index contributed by atoms with van der Waals surface area (Å²) in [6.07, 6.45) is 4.85. The van der Waals surface area contributed by atoms with Crippen molar-refractivity contribution in [1.29, 1.82) is 0 Å². The molecule has 0 radical (unpaired) electrons. The topological polar surface area (TPSA) is 54.9 Å². The van der Waals surface area contributed by atoms with Gasteiger partial charge in [-0.3, -0.25) is 4.79 Å². The van der Waals surface area contributed by atoms with Crippen molar-refractivity contribution in [1.82, 2.24) is 15.5 Å². The van der Waals surface area contributed by atoms with Gasteiger partial charge in [0, 0.05) is 17.4 Å². The van der Waals surface area contributed by atoms with Crippen LogP contribution >= 0.6 is 23.1 Å². The molecule has 0 bridgehead atoms. The van der Waals surface area contributed by atoms with Crippen LogP contribution in [0.15, 0.2) is 30.3 Å². The molecule has 1 amide bonds. The Balaban J connectivity index is 1.49. The molecule has 2 aromatic rings. The third-order valence-corrected chi connectivity index (χ3v) is 7.06. The summed E-state index contributed by atoms with van der Waals surface area (Å²) in [7, 11) is 0. The van der Waals surface area contributed by atoms with Crippen LogP contribution in [0, 0.1) is 5.92 Å². The van der Waals surface area contributed by atoms with Crippen molar-refractivity contribution in [3.8, 4) is 10.6 Å². The molecule has 25 heavy (non-hydrogen) atoms. The molecule has 1 aliphatic carbocycles. The van der Waals surface area contributed by atoms with E-state index in [1.54, 1.807) is 23.1 Å². The molecular weight excluding hydrogens is 350 g/mol. The molecule has 1 N–H and O–H groups in total. The number of thioether (sulfide) groups is 1. The minimum Gasteiger partial charge on any atom is -0.352 e. The summed E-state index contributed by atoms with van der Waals surface area (Å²) >= 11 is 3.23. The lowest BCUT2D eigenvalue weighted by atomic mass is 9.86. The predicted molar refractivity (Wildman–Crippen MR) is 106 cm³/mol. The second-order valence-corrected chi connectivity index (χ2v) is 9.09. The molecule has 4 nitrogen and oxygen atoms in total. The molecule has 134 valence electrons. The summed E-state index contributed by atoms with van der Waals surface area (Å²) in [4.78, 5) is 12.4. The Morgan fingerprint density at radius 1 is 1.28 bits per heavy atom. The van der Waals surface area contributed by atoms with Crippen molar-refractivity contribution in [2.75, 3.05) is 0 Å². The number of carbonyl (C=O) groups is 1. The lowest BCUT2D eigenvalue weighted by molar-refractivity contribution is -0.121. The van der Waals surface area contributed by atoms with E-state index in [1.807, 2.05) is 37.3 Å². The van der Waals surface area contributed by atoms with Crippen LogP contribution in [0.25, 0.3) is 10.6 Å². The summed E-state index contributed by atoms with van der Waals surface area (Å²) in [5, 5.41) is 13.6. The van der Waals surface area contributed by atoms with Crippen molar-refractivity contribution in [2.24, 2.45) is 5.92 Å². The highest BCUT2D eigenvalue weighted by molar-refractivity contribution is 7.99. The van der Waals surface area contributed by atoms with E-state index in [0.29, 0.717) is 12.0 Å². The predicted octanol–water partition coefficient (Wildman–Crippen LogP) is 4.52. The number of carbonyl (C=O) groups excluding carboxylic acids is 1. The van der Waals surface area contributed by atoms with Gasteiger partial charge in [-0.1, -0.05) is 61.4 Å². The number of nitrogens with one attached hydrogen (secondary N) is 1. The maximum absolute atomic E-state index is 12.4. The number of benzene rings is 1. The normalized spacial score (nSPS) is 21.7. The first-order valence-electron chi connectivity index (χ1n) is 8.93. The maximum Gasteiger partial charge on any atom is 0.233 e. The Kier molecular flexibility index (Phi) is 6.48. The summed E-state index contributed by atoms with van der Waals surface area (Å²) in [6, 6.07) is 10.4. The standard InChI is InChI=1S/C19H25N3OS2/c1-13-8-6-7-11-16(13)20-18(23)14(2)24-12-17-21-22-19(25-17)15-9-4-3-5-10-15/h3-5,9-10,13-14,16H,6-8,11-12H2,1-2H3,(H,20,23). The van der Waals surface area contributed by atoms with Gasteiger partial charge in [0.15, 0.2) is 0 Å². The van der Waals surface area contributed by atoms with Crippen LogP contribution < -0.4 is 5.32 Å². The number of hydrogen-bond acceptors (Lipinski definition) is 5. The molecule has 0 spiro atoms. The second-order valence-electron chi connectivity index (χ2n) is 6.70. The number of rotatable bonds is 6. The molecule has 1 aromatic carbocycles. The third kappa shape index (κ3) is 5.05. The Morgan fingerprint density at radius 2 is 2.04 bits per heavy atom. The van der Waals surface area contributed by atoms with Crippen molar-refractivity contribution in [3.05, 3.63) is 35.3 Å². The first-order chi connectivity index (χ1) is 12.1. The molecule has 0 aliphatic heterocycles. The molecule has 3 atom stereocenters. The number of hydrogen-bond donors (Lipinski definition) is 1. The van der Waals surface area contributed by atoms with Crippen LogP contribution in [0.5, 0.6) is 0 Å². The van der Waals surface area contributed by atoms with Crippen LogP contribution in [0.3, 0.4) is 0 Å². The minimum atomic E-state index is -0.0711. The summed E-state index contributed by atoms with van der Waals surface area (Å²) in [5.74, 6) is 1.46. The van der Waals surface area contributed by atoms with E-state index in [2.05, 4.69) is 22.4 Å². The molecule has 1 saturated carbocycles. The Hall–Kier alpha value is -1.40. The number of aromatic nitrogens is 2. The lowest BCUT2D eigenvalue weighted by Gasteiger charge is -2.30. The van der Waals surface area contributed by atoms with Crippen molar-refractivity contribution >= 4 is 29.0 Å². The Labute approximate surface area is 157 Å². The maximum atomic E-state index is 12.4. The van der Waals surface area contributed by atoms with E-state index in [1.165, 1.54) is 19.3 Å². The van der Waals surface area contributed by atoms with Gasteiger partial charge >= 0.3 is 0 Å². The molecular formula is C19H25N3OS2. The highest BCUT2D eigenvalue weighted by atomic mass is 32.2. The Morgan fingerprint density at radius 3 is 2.80 bits per heavy atom. The number of amides is 1. The van der Waals surface area contributed by atoms with E-state index < -0.39 is 0 Å². The van der Waals surface area contributed by atoms with Gasteiger partial charge in [0.2, 0.25) is 5.91 Å². The highest BCUT2D eigenvalue weighted by Gasteiger charge is 2.25. The lowest BCUT2D eigenvalue weighted by Crippen LogP contribution is -2.44. The fraction of sp³-hybridized carbons (Fsp3) is 0.526. The molecule has 3 unspecified atom stereocenters. The summed E-state index contributed by atoms with van der Waals surface area (Å²) in [6.45, 7) is 4.22. The van der Waals surface area contributed by atoms with Gasteiger partial charge in [0.05, 0.1) is 5.25 Å². The quantitative estimate of drug-likeness (QED) is 0.806. The van der Waals surface area contributed by atoms with Crippen molar-refractivity contribution in [3.63, 3.8) is 0 Å². The second kappa shape index (κ2) is 8.81. The van der Waals surface area contributed by atoms with Gasteiger partial charge < -0.3 is 5.32 Å². The van der Waals surface area contributed by atoms with Crippen LogP contribution in [0.4, 0.5) is 0 Å². The van der Waals surface area contributed by atoms with Crippen LogP contribution in [-0.4, -0.2) is 27.4 Å². The van der Waals surface area contributed by atoms with Gasteiger partial charge in [-0.2, -0.15) is 0 Å². The molecule has 0 saturated heterocycles. The van der Waals surface area contributed by atoms with Gasteiger partial charge in [-0.05, 0) is 25.7 Å². The number of nitrogens with zero attached hydrogens (tertiary/aromatic N) is 2. The third-order valence-electron chi connectivity index (χ3n) is 4.75. The highest BCUT2D eigenvalue weighted by Crippen LogP contribution is 2.28.